The highest BCUT2D eigenvalue weighted by Crippen LogP contribution is 2.39. The summed E-state index contributed by atoms with van der Waals surface area (Å²) < 4.78 is 0.948. The molecule has 98 valence electrons. The van der Waals surface area contributed by atoms with Crippen molar-refractivity contribution in [3.63, 3.8) is 0 Å². The van der Waals surface area contributed by atoms with Crippen molar-refractivity contribution in [2.75, 3.05) is 11.1 Å². The van der Waals surface area contributed by atoms with Crippen LogP contribution in [0.25, 0.3) is 0 Å². The average molecular weight is 340 g/mol. The lowest BCUT2D eigenvalue weighted by Crippen LogP contribution is -2.03. The number of nitrogens with zero attached hydrogens (tertiary/aromatic N) is 2. The van der Waals surface area contributed by atoms with E-state index in [9.17, 15) is 0 Å². The van der Waals surface area contributed by atoms with Crippen molar-refractivity contribution in [2.24, 2.45) is 0 Å². The van der Waals surface area contributed by atoms with Gasteiger partial charge in [0, 0.05) is 16.5 Å². The lowest BCUT2D eigenvalue weighted by molar-refractivity contribution is 0.936. The van der Waals surface area contributed by atoms with E-state index in [1.54, 1.807) is 6.07 Å². The molecule has 0 unspecified atom stereocenters. The fourth-order valence-electron chi connectivity index (χ4n) is 1.80. The van der Waals surface area contributed by atoms with Gasteiger partial charge in [0.15, 0.2) is 0 Å². The molecular formula is C13H12BrClN4. The predicted octanol–water partition coefficient (Wildman–Crippen LogP) is 4.10. The highest BCUT2D eigenvalue weighted by Gasteiger charge is 2.27. The van der Waals surface area contributed by atoms with Gasteiger partial charge in [-0.15, -0.1) is 0 Å². The molecule has 1 fully saturated rings. The van der Waals surface area contributed by atoms with Crippen LogP contribution < -0.4 is 11.1 Å². The van der Waals surface area contributed by atoms with Crippen molar-refractivity contribution in [1.29, 1.82) is 0 Å². The zero-order valence-electron chi connectivity index (χ0n) is 10.0. The van der Waals surface area contributed by atoms with E-state index < -0.39 is 0 Å². The van der Waals surface area contributed by atoms with Crippen LogP contribution in [0.2, 0.25) is 5.02 Å². The second-order valence-electron chi connectivity index (χ2n) is 4.56. The van der Waals surface area contributed by atoms with Gasteiger partial charge in [-0.25, -0.2) is 9.97 Å². The topological polar surface area (TPSA) is 63.8 Å². The Balaban J connectivity index is 1.92. The van der Waals surface area contributed by atoms with Crippen molar-refractivity contribution >= 4 is 44.9 Å². The molecule has 0 saturated heterocycles. The summed E-state index contributed by atoms with van der Waals surface area (Å²) in [6.07, 6.45) is 2.28. The van der Waals surface area contributed by atoms with Crippen LogP contribution in [-0.4, -0.2) is 9.97 Å². The Morgan fingerprint density at radius 3 is 2.79 bits per heavy atom. The van der Waals surface area contributed by atoms with Crippen molar-refractivity contribution in [1.82, 2.24) is 9.97 Å². The van der Waals surface area contributed by atoms with Crippen LogP contribution in [0, 0.1) is 0 Å². The van der Waals surface area contributed by atoms with E-state index in [0.717, 1.165) is 28.8 Å². The quantitative estimate of drug-likeness (QED) is 0.884. The molecular weight excluding hydrogens is 328 g/mol. The van der Waals surface area contributed by atoms with E-state index in [1.165, 1.54) is 0 Å². The Morgan fingerprint density at radius 1 is 1.26 bits per heavy atom. The SMILES string of the molecule is Nc1cc(Nc2cc(Br)ccc2Cl)nc(C2CC2)n1. The van der Waals surface area contributed by atoms with E-state index in [2.05, 4.69) is 31.2 Å². The normalized spacial score (nSPS) is 14.4. The molecule has 0 aliphatic heterocycles. The van der Waals surface area contributed by atoms with Crippen LogP contribution in [0.15, 0.2) is 28.7 Å². The van der Waals surface area contributed by atoms with Crippen LogP contribution in [0.3, 0.4) is 0 Å². The van der Waals surface area contributed by atoms with Crippen molar-refractivity contribution in [3.05, 3.63) is 39.6 Å². The molecule has 1 aromatic carbocycles. The molecule has 0 radical (unpaired) electrons. The Kier molecular flexibility index (Phi) is 3.33. The lowest BCUT2D eigenvalue weighted by atomic mass is 10.3. The van der Waals surface area contributed by atoms with Crippen molar-refractivity contribution in [3.8, 4) is 0 Å². The summed E-state index contributed by atoms with van der Waals surface area (Å²) in [5.74, 6) is 2.43. The molecule has 1 aromatic heterocycles. The Hall–Kier alpha value is -1.33. The summed E-state index contributed by atoms with van der Waals surface area (Å²) in [6, 6.07) is 7.32. The number of halogens is 2. The number of hydrogen-bond acceptors (Lipinski definition) is 4. The van der Waals surface area contributed by atoms with Gasteiger partial charge < -0.3 is 11.1 Å². The molecule has 2 aromatic rings. The minimum atomic E-state index is 0.460. The third kappa shape index (κ3) is 2.98. The summed E-state index contributed by atoms with van der Waals surface area (Å²) in [5.41, 5.74) is 6.60. The van der Waals surface area contributed by atoms with Crippen LogP contribution in [0.4, 0.5) is 17.3 Å². The van der Waals surface area contributed by atoms with E-state index in [4.69, 9.17) is 17.3 Å². The van der Waals surface area contributed by atoms with Crippen molar-refractivity contribution < 1.29 is 0 Å². The molecule has 4 nitrogen and oxygen atoms in total. The fraction of sp³-hybridized carbons (Fsp3) is 0.231. The van der Waals surface area contributed by atoms with Gasteiger partial charge in [0.25, 0.3) is 0 Å². The second kappa shape index (κ2) is 4.98. The third-order valence-corrected chi connectivity index (χ3v) is 3.72. The molecule has 3 N–H and O–H groups in total. The second-order valence-corrected chi connectivity index (χ2v) is 5.88. The van der Waals surface area contributed by atoms with E-state index in [-0.39, 0.29) is 0 Å². The van der Waals surface area contributed by atoms with Gasteiger partial charge >= 0.3 is 0 Å². The van der Waals surface area contributed by atoms with Crippen LogP contribution in [-0.2, 0) is 0 Å². The zero-order chi connectivity index (χ0) is 13.4. The molecule has 3 rings (SSSR count). The summed E-state index contributed by atoms with van der Waals surface area (Å²) in [6.45, 7) is 0. The number of nitrogens with one attached hydrogen (secondary N) is 1. The van der Waals surface area contributed by atoms with Gasteiger partial charge in [0.05, 0.1) is 10.7 Å². The Bertz CT molecular complexity index is 628. The van der Waals surface area contributed by atoms with Gasteiger partial charge in [-0.2, -0.15) is 0 Å². The Labute approximate surface area is 124 Å². The van der Waals surface area contributed by atoms with Gasteiger partial charge in [-0.05, 0) is 31.0 Å². The number of anilines is 3. The fourth-order valence-corrected chi connectivity index (χ4v) is 2.33. The molecule has 0 bridgehead atoms. The van der Waals surface area contributed by atoms with Crippen LogP contribution in [0.5, 0.6) is 0 Å². The molecule has 1 aliphatic carbocycles. The van der Waals surface area contributed by atoms with E-state index >= 15 is 0 Å². The van der Waals surface area contributed by atoms with Gasteiger partial charge in [-0.1, -0.05) is 27.5 Å². The first-order valence-electron chi connectivity index (χ1n) is 5.98. The smallest absolute Gasteiger partial charge is 0.136 e. The molecule has 6 heteroatoms. The largest absolute Gasteiger partial charge is 0.384 e. The number of hydrogen-bond donors (Lipinski definition) is 2. The lowest BCUT2D eigenvalue weighted by Gasteiger charge is -2.10. The maximum atomic E-state index is 6.14. The van der Waals surface area contributed by atoms with Crippen molar-refractivity contribution in [2.45, 2.75) is 18.8 Å². The number of nitrogen functional groups attached to an aromatic ring is 1. The molecule has 0 atom stereocenters. The highest BCUT2D eigenvalue weighted by atomic mass is 79.9. The number of aromatic nitrogens is 2. The summed E-state index contributed by atoms with van der Waals surface area (Å²) in [5, 5.41) is 3.82. The number of benzene rings is 1. The third-order valence-electron chi connectivity index (χ3n) is 2.90. The monoisotopic (exact) mass is 338 g/mol. The van der Waals surface area contributed by atoms with Gasteiger partial charge in [0.2, 0.25) is 0 Å². The minimum Gasteiger partial charge on any atom is -0.384 e. The van der Waals surface area contributed by atoms with E-state index in [0.29, 0.717) is 22.6 Å². The number of nitrogens with two attached hydrogens (primary N) is 1. The molecule has 1 heterocycles. The average Bonchev–Trinajstić information content (AvgIpc) is 3.17. The summed E-state index contributed by atoms with van der Waals surface area (Å²) >= 11 is 9.56. The molecule has 0 spiro atoms. The summed E-state index contributed by atoms with van der Waals surface area (Å²) in [4.78, 5) is 8.75. The molecule has 19 heavy (non-hydrogen) atoms. The zero-order valence-corrected chi connectivity index (χ0v) is 12.4. The predicted molar refractivity (Wildman–Crippen MR) is 80.9 cm³/mol. The Morgan fingerprint density at radius 2 is 2.05 bits per heavy atom. The number of rotatable bonds is 3. The first-order valence-corrected chi connectivity index (χ1v) is 7.15. The van der Waals surface area contributed by atoms with Crippen LogP contribution >= 0.6 is 27.5 Å². The van der Waals surface area contributed by atoms with E-state index in [1.807, 2.05) is 18.2 Å². The molecule has 1 aliphatic rings. The van der Waals surface area contributed by atoms with Gasteiger partial charge in [-0.3, -0.25) is 0 Å². The first kappa shape index (κ1) is 12.7. The summed E-state index contributed by atoms with van der Waals surface area (Å²) in [7, 11) is 0. The highest BCUT2D eigenvalue weighted by molar-refractivity contribution is 9.10. The molecule has 0 amide bonds. The van der Waals surface area contributed by atoms with Crippen LogP contribution in [0.1, 0.15) is 24.6 Å². The maximum absolute atomic E-state index is 6.14. The standard InChI is InChI=1S/C13H12BrClN4/c14-8-3-4-9(15)10(5-8)17-12-6-11(16)18-13(19-12)7-1-2-7/h3-7H,1-2H2,(H3,16,17,18,19). The minimum absolute atomic E-state index is 0.460. The first-order chi connectivity index (χ1) is 9.11. The maximum Gasteiger partial charge on any atom is 0.136 e. The molecule has 1 saturated carbocycles. The van der Waals surface area contributed by atoms with Gasteiger partial charge in [0.1, 0.15) is 17.5 Å².